The Labute approximate surface area is 153 Å². The Hall–Kier alpha value is -3.19. The predicted octanol–water partition coefficient (Wildman–Crippen LogP) is 4.53. The summed E-state index contributed by atoms with van der Waals surface area (Å²) in [7, 11) is 0. The van der Waals surface area contributed by atoms with Gasteiger partial charge < -0.3 is 14.8 Å². The zero-order valence-electron chi connectivity index (χ0n) is 13.9. The number of nitrogens with one attached hydrogen (secondary N) is 1. The summed E-state index contributed by atoms with van der Waals surface area (Å²) >= 11 is 1.65. The van der Waals surface area contributed by atoms with E-state index in [-0.39, 0.29) is 6.79 Å². The number of thiophene rings is 1. The molecule has 6 nitrogen and oxygen atoms in total. The van der Waals surface area contributed by atoms with Gasteiger partial charge in [0.05, 0.1) is 5.39 Å². The maximum absolute atomic E-state index is 5.46. The summed E-state index contributed by atoms with van der Waals surface area (Å²) in [4.78, 5) is 15.8. The van der Waals surface area contributed by atoms with Crippen molar-refractivity contribution in [2.45, 2.75) is 6.92 Å². The van der Waals surface area contributed by atoms with E-state index in [0.29, 0.717) is 5.82 Å². The highest BCUT2D eigenvalue weighted by Crippen LogP contribution is 2.37. The van der Waals surface area contributed by atoms with Crippen LogP contribution in [0.2, 0.25) is 0 Å². The molecule has 1 N–H and O–H groups in total. The van der Waals surface area contributed by atoms with Gasteiger partial charge in [-0.3, -0.25) is 4.98 Å². The lowest BCUT2D eigenvalue weighted by Crippen LogP contribution is -1.98. The minimum atomic E-state index is 0.255. The maximum Gasteiger partial charge on any atom is 0.231 e. The fraction of sp³-hybridized carbons (Fsp3) is 0.105. The number of rotatable bonds is 3. The Morgan fingerprint density at radius 2 is 2.00 bits per heavy atom. The van der Waals surface area contributed by atoms with Crippen LogP contribution in [-0.2, 0) is 0 Å². The third-order valence-corrected chi connectivity index (χ3v) is 5.02. The standard InChI is InChI=1S/C19H14N4O2S/c1-11-7-14-18(21-13-4-5-15-16(8-13)25-10-24-15)22-17(23-19(14)26-11)12-3-2-6-20-9-12/h2-9H,10H2,1H3,(H,21,22,23). The maximum atomic E-state index is 5.46. The summed E-state index contributed by atoms with van der Waals surface area (Å²) in [6, 6.07) is 11.7. The second-order valence-electron chi connectivity index (χ2n) is 5.91. The third kappa shape index (κ3) is 2.62. The van der Waals surface area contributed by atoms with Crippen LogP contribution in [0.15, 0.2) is 48.8 Å². The average molecular weight is 362 g/mol. The van der Waals surface area contributed by atoms with Crippen molar-refractivity contribution in [3.8, 4) is 22.9 Å². The van der Waals surface area contributed by atoms with Crippen molar-refractivity contribution in [3.05, 3.63) is 53.7 Å². The van der Waals surface area contributed by atoms with Crippen molar-refractivity contribution in [2.75, 3.05) is 12.1 Å². The van der Waals surface area contributed by atoms with Crippen LogP contribution < -0.4 is 14.8 Å². The van der Waals surface area contributed by atoms with E-state index < -0.39 is 0 Å². The Morgan fingerprint density at radius 3 is 2.88 bits per heavy atom. The lowest BCUT2D eigenvalue weighted by atomic mass is 10.2. The zero-order chi connectivity index (χ0) is 17.5. The van der Waals surface area contributed by atoms with Gasteiger partial charge in [-0.05, 0) is 37.3 Å². The minimum Gasteiger partial charge on any atom is -0.454 e. The van der Waals surface area contributed by atoms with Gasteiger partial charge in [0.25, 0.3) is 0 Å². The molecule has 7 heteroatoms. The molecule has 4 aromatic rings. The van der Waals surface area contributed by atoms with E-state index in [9.17, 15) is 0 Å². The molecule has 26 heavy (non-hydrogen) atoms. The smallest absolute Gasteiger partial charge is 0.231 e. The van der Waals surface area contributed by atoms with Crippen molar-refractivity contribution in [1.29, 1.82) is 0 Å². The molecule has 0 fully saturated rings. The molecule has 1 aliphatic rings. The van der Waals surface area contributed by atoms with Gasteiger partial charge in [-0.2, -0.15) is 0 Å². The zero-order valence-corrected chi connectivity index (χ0v) is 14.7. The van der Waals surface area contributed by atoms with Crippen molar-refractivity contribution in [1.82, 2.24) is 15.0 Å². The van der Waals surface area contributed by atoms with Crippen LogP contribution in [0, 0.1) is 6.92 Å². The molecular weight excluding hydrogens is 348 g/mol. The van der Waals surface area contributed by atoms with E-state index >= 15 is 0 Å². The molecule has 128 valence electrons. The molecule has 0 saturated carbocycles. The molecule has 0 unspecified atom stereocenters. The molecule has 1 aliphatic heterocycles. The van der Waals surface area contributed by atoms with Gasteiger partial charge in [0.1, 0.15) is 10.6 Å². The summed E-state index contributed by atoms with van der Waals surface area (Å²) in [6.07, 6.45) is 3.51. The van der Waals surface area contributed by atoms with Crippen LogP contribution in [0.3, 0.4) is 0 Å². The van der Waals surface area contributed by atoms with Crippen LogP contribution in [0.1, 0.15) is 4.88 Å². The summed E-state index contributed by atoms with van der Waals surface area (Å²) in [5, 5.41) is 4.40. The molecule has 4 heterocycles. The highest BCUT2D eigenvalue weighted by Gasteiger charge is 2.16. The number of aryl methyl sites for hydroxylation is 1. The van der Waals surface area contributed by atoms with Crippen molar-refractivity contribution < 1.29 is 9.47 Å². The Kier molecular flexibility index (Phi) is 3.46. The molecule has 0 aliphatic carbocycles. The fourth-order valence-electron chi connectivity index (χ4n) is 2.87. The highest BCUT2D eigenvalue weighted by molar-refractivity contribution is 7.18. The number of hydrogen-bond donors (Lipinski definition) is 1. The molecule has 0 saturated heterocycles. The largest absolute Gasteiger partial charge is 0.454 e. The van der Waals surface area contributed by atoms with E-state index in [1.54, 1.807) is 23.7 Å². The van der Waals surface area contributed by atoms with E-state index in [2.05, 4.69) is 23.3 Å². The number of pyridine rings is 1. The van der Waals surface area contributed by atoms with E-state index in [0.717, 1.165) is 38.8 Å². The molecule has 0 atom stereocenters. The van der Waals surface area contributed by atoms with E-state index in [1.165, 1.54) is 4.88 Å². The summed E-state index contributed by atoms with van der Waals surface area (Å²) < 4.78 is 10.8. The average Bonchev–Trinajstić information content (AvgIpc) is 3.27. The number of ether oxygens (including phenoxy) is 2. The number of benzene rings is 1. The van der Waals surface area contributed by atoms with Gasteiger partial charge in [-0.1, -0.05) is 0 Å². The number of nitrogens with zero attached hydrogens (tertiary/aromatic N) is 3. The van der Waals surface area contributed by atoms with Gasteiger partial charge in [-0.25, -0.2) is 9.97 Å². The first-order valence-electron chi connectivity index (χ1n) is 8.11. The number of aromatic nitrogens is 3. The molecule has 0 spiro atoms. The molecule has 0 radical (unpaired) electrons. The fourth-order valence-corrected chi connectivity index (χ4v) is 3.75. The first-order valence-corrected chi connectivity index (χ1v) is 8.93. The summed E-state index contributed by atoms with van der Waals surface area (Å²) in [5.74, 6) is 2.90. The van der Waals surface area contributed by atoms with Crippen LogP contribution >= 0.6 is 11.3 Å². The molecule has 0 bridgehead atoms. The third-order valence-electron chi connectivity index (χ3n) is 4.07. The molecule has 0 amide bonds. The molecule has 3 aromatic heterocycles. The van der Waals surface area contributed by atoms with Crippen LogP contribution in [-0.4, -0.2) is 21.7 Å². The monoisotopic (exact) mass is 362 g/mol. The molecular formula is C19H14N4O2S. The van der Waals surface area contributed by atoms with Gasteiger partial charge in [0, 0.05) is 34.6 Å². The quantitative estimate of drug-likeness (QED) is 0.577. The Morgan fingerprint density at radius 1 is 1.08 bits per heavy atom. The normalized spacial score (nSPS) is 12.5. The van der Waals surface area contributed by atoms with Gasteiger partial charge in [-0.15, -0.1) is 11.3 Å². The SMILES string of the molecule is Cc1cc2c(Nc3ccc4c(c3)OCO4)nc(-c3cccnc3)nc2s1. The van der Waals surface area contributed by atoms with Crippen LogP contribution in [0.4, 0.5) is 11.5 Å². The lowest BCUT2D eigenvalue weighted by Gasteiger charge is -2.09. The van der Waals surface area contributed by atoms with Crippen LogP contribution in [0.5, 0.6) is 11.5 Å². The first-order chi connectivity index (χ1) is 12.8. The lowest BCUT2D eigenvalue weighted by molar-refractivity contribution is 0.174. The molecule has 5 rings (SSSR count). The number of fused-ring (bicyclic) bond motifs is 2. The summed E-state index contributed by atoms with van der Waals surface area (Å²) in [5.41, 5.74) is 1.77. The van der Waals surface area contributed by atoms with E-state index in [1.807, 2.05) is 30.3 Å². The van der Waals surface area contributed by atoms with Crippen molar-refractivity contribution in [3.63, 3.8) is 0 Å². The first kappa shape index (κ1) is 15.1. The van der Waals surface area contributed by atoms with Crippen molar-refractivity contribution >= 4 is 33.1 Å². The number of anilines is 2. The summed E-state index contributed by atoms with van der Waals surface area (Å²) in [6.45, 7) is 2.33. The van der Waals surface area contributed by atoms with Crippen LogP contribution in [0.25, 0.3) is 21.6 Å². The van der Waals surface area contributed by atoms with Gasteiger partial charge >= 0.3 is 0 Å². The number of hydrogen-bond acceptors (Lipinski definition) is 7. The Balaban J connectivity index is 1.61. The second-order valence-corrected chi connectivity index (χ2v) is 7.14. The molecule has 1 aromatic carbocycles. The second kappa shape index (κ2) is 5.96. The Bertz CT molecular complexity index is 1110. The van der Waals surface area contributed by atoms with E-state index in [4.69, 9.17) is 19.4 Å². The van der Waals surface area contributed by atoms with Crippen molar-refractivity contribution in [2.24, 2.45) is 0 Å². The topological polar surface area (TPSA) is 69.2 Å². The predicted molar refractivity (Wildman–Crippen MR) is 101 cm³/mol. The van der Waals surface area contributed by atoms with Gasteiger partial charge in [0.2, 0.25) is 6.79 Å². The minimum absolute atomic E-state index is 0.255. The highest BCUT2D eigenvalue weighted by atomic mass is 32.1. The van der Waals surface area contributed by atoms with Gasteiger partial charge in [0.15, 0.2) is 17.3 Å².